The summed E-state index contributed by atoms with van der Waals surface area (Å²) in [7, 11) is 1.36. The molecule has 4 aromatic rings. The van der Waals surface area contributed by atoms with Crippen LogP contribution in [0.4, 0.5) is 5.13 Å². The number of aromatic nitrogens is 1. The summed E-state index contributed by atoms with van der Waals surface area (Å²) in [5, 5.41) is 9.74. The topological polar surface area (TPSA) is 89.6 Å². The van der Waals surface area contributed by atoms with Crippen molar-refractivity contribution < 1.29 is 9.63 Å². The maximum Gasteiger partial charge on any atom is 0.273 e. The fourth-order valence-electron chi connectivity index (χ4n) is 3.69. The lowest BCUT2D eigenvalue weighted by Crippen LogP contribution is -2.38. The van der Waals surface area contributed by atoms with Gasteiger partial charge in [0.2, 0.25) is 0 Å². The van der Waals surface area contributed by atoms with Crippen molar-refractivity contribution in [2.24, 2.45) is 10.9 Å². The molecule has 1 heterocycles. The Morgan fingerprint density at radius 3 is 1.78 bits per heavy atom. The van der Waals surface area contributed by atoms with Gasteiger partial charge >= 0.3 is 0 Å². The number of hydrogen-bond donors (Lipinski definition) is 2. The van der Waals surface area contributed by atoms with Crippen LogP contribution in [0.3, 0.4) is 0 Å². The number of benzene rings is 3. The molecule has 0 spiro atoms. The smallest absolute Gasteiger partial charge is 0.273 e. The minimum absolute atomic E-state index is 0.0264. The van der Waals surface area contributed by atoms with Gasteiger partial charge in [0.15, 0.2) is 10.8 Å². The molecule has 0 atom stereocenters. The molecule has 0 aliphatic rings. The third kappa shape index (κ3) is 4.10. The van der Waals surface area contributed by atoms with Gasteiger partial charge in [-0.05, 0) is 16.7 Å². The minimum atomic E-state index is -0.718. The van der Waals surface area contributed by atoms with Crippen LogP contribution in [-0.2, 0) is 15.2 Å². The van der Waals surface area contributed by atoms with Crippen molar-refractivity contribution in [1.29, 1.82) is 0 Å². The monoisotopic (exact) mass is 442 g/mol. The van der Waals surface area contributed by atoms with E-state index in [0.717, 1.165) is 16.7 Å². The molecule has 160 valence electrons. The molecule has 0 aliphatic heterocycles. The van der Waals surface area contributed by atoms with Gasteiger partial charge in [0.25, 0.3) is 5.91 Å². The highest BCUT2D eigenvalue weighted by atomic mass is 32.1. The predicted molar refractivity (Wildman–Crippen MR) is 128 cm³/mol. The first kappa shape index (κ1) is 21.3. The highest BCUT2D eigenvalue weighted by Gasteiger charge is 2.37. The summed E-state index contributed by atoms with van der Waals surface area (Å²) in [6.45, 7) is 0. The number of carbonyl (C=O) groups is 1. The number of anilines is 1. The molecule has 0 bridgehead atoms. The van der Waals surface area contributed by atoms with E-state index in [-0.39, 0.29) is 5.71 Å². The lowest BCUT2D eigenvalue weighted by atomic mass is 9.77. The molecule has 0 saturated heterocycles. The number of nitrogens with two attached hydrogens (primary N) is 1. The second-order valence-electron chi connectivity index (χ2n) is 7.00. The van der Waals surface area contributed by atoms with E-state index in [0.29, 0.717) is 10.8 Å². The average Bonchev–Trinajstić information content (AvgIpc) is 3.30. The summed E-state index contributed by atoms with van der Waals surface area (Å²) < 4.78 is 0. The standard InChI is InChI=1S/C25H22N4O2S/c1-31-29-22(23(26)30)21-17-32-24(27-21)28-25(18-11-5-2-6-12-18,19-13-7-3-8-14-19)20-15-9-4-10-16-20/h2-17H,1H3,(H2,26,30)(H,27,28)/b29-22-. The van der Waals surface area contributed by atoms with Crippen LogP contribution in [-0.4, -0.2) is 23.7 Å². The molecule has 0 aliphatic carbocycles. The van der Waals surface area contributed by atoms with Crippen LogP contribution in [0.15, 0.2) is 102 Å². The van der Waals surface area contributed by atoms with Crippen LogP contribution in [0, 0.1) is 0 Å². The number of oxime groups is 1. The van der Waals surface area contributed by atoms with Crippen molar-refractivity contribution in [3.8, 4) is 0 Å². The Bertz CT molecular complexity index is 1110. The maximum atomic E-state index is 11.8. The van der Waals surface area contributed by atoms with Crippen molar-refractivity contribution in [1.82, 2.24) is 4.98 Å². The first-order chi connectivity index (χ1) is 15.6. The van der Waals surface area contributed by atoms with E-state index < -0.39 is 11.4 Å². The SMILES string of the molecule is CO/N=C(\C(N)=O)c1csc(NC(c2ccccc2)(c2ccccc2)c2ccccc2)n1. The van der Waals surface area contributed by atoms with Gasteiger partial charge in [0, 0.05) is 5.38 Å². The van der Waals surface area contributed by atoms with E-state index in [9.17, 15) is 4.79 Å². The molecule has 0 unspecified atom stereocenters. The van der Waals surface area contributed by atoms with Gasteiger partial charge in [-0.3, -0.25) is 4.79 Å². The summed E-state index contributed by atoms with van der Waals surface area (Å²) in [6.07, 6.45) is 0. The van der Waals surface area contributed by atoms with Crippen LogP contribution in [0.5, 0.6) is 0 Å². The average molecular weight is 443 g/mol. The summed E-state index contributed by atoms with van der Waals surface area (Å²) >= 11 is 1.37. The zero-order valence-corrected chi connectivity index (χ0v) is 18.3. The number of hydrogen-bond acceptors (Lipinski definition) is 6. The van der Waals surface area contributed by atoms with Gasteiger partial charge in [-0.1, -0.05) is 96.2 Å². The zero-order chi connectivity index (χ0) is 22.4. The van der Waals surface area contributed by atoms with Crippen molar-refractivity contribution in [2.75, 3.05) is 12.4 Å². The molecule has 32 heavy (non-hydrogen) atoms. The van der Waals surface area contributed by atoms with E-state index in [1.165, 1.54) is 18.4 Å². The molecule has 6 nitrogen and oxygen atoms in total. The van der Waals surface area contributed by atoms with Crippen molar-refractivity contribution in [3.63, 3.8) is 0 Å². The lowest BCUT2D eigenvalue weighted by Gasteiger charge is -2.36. The van der Waals surface area contributed by atoms with Crippen LogP contribution < -0.4 is 11.1 Å². The predicted octanol–water partition coefficient (Wildman–Crippen LogP) is 4.38. The number of nitrogens with one attached hydrogen (secondary N) is 1. The van der Waals surface area contributed by atoms with Gasteiger partial charge in [-0.15, -0.1) is 11.3 Å². The molecule has 1 amide bonds. The van der Waals surface area contributed by atoms with E-state index in [4.69, 9.17) is 10.6 Å². The largest absolute Gasteiger partial charge is 0.398 e. The molecule has 0 radical (unpaired) electrons. The summed E-state index contributed by atoms with van der Waals surface area (Å²) in [5.41, 5.74) is 8.22. The highest BCUT2D eigenvalue weighted by molar-refractivity contribution is 7.14. The van der Waals surface area contributed by atoms with Crippen LogP contribution in [0.25, 0.3) is 0 Å². The van der Waals surface area contributed by atoms with Crippen molar-refractivity contribution in [2.45, 2.75) is 5.54 Å². The van der Waals surface area contributed by atoms with Crippen molar-refractivity contribution in [3.05, 3.63) is 119 Å². The quantitative estimate of drug-likeness (QED) is 0.241. The molecular formula is C25H22N4O2S. The Hall–Kier alpha value is -3.97. The molecule has 1 aromatic heterocycles. The fourth-order valence-corrected chi connectivity index (χ4v) is 4.44. The third-order valence-electron chi connectivity index (χ3n) is 5.08. The van der Waals surface area contributed by atoms with Gasteiger partial charge in [0.1, 0.15) is 18.3 Å². The van der Waals surface area contributed by atoms with E-state index >= 15 is 0 Å². The molecule has 0 fully saturated rings. The fraction of sp³-hybridized carbons (Fsp3) is 0.0800. The minimum Gasteiger partial charge on any atom is -0.398 e. The number of amides is 1. The highest BCUT2D eigenvalue weighted by Crippen LogP contribution is 2.40. The van der Waals surface area contributed by atoms with Crippen LogP contribution in [0.2, 0.25) is 0 Å². The van der Waals surface area contributed by atoms with E-state index in [1.54, 1.807) is 5.38 Å². The number of rotatable bonds is 8. The Balaban J connectivity index is 1.90. The number of thiazole rings is 1. The number of carbonyl (C=O) groups excluding carboxylic acids is 1. The second kappa shape index (κ2) is 9.45. The normalized spacial score (nSPS) is 11.7. The zero-order valence-electron chi connectivity index (χ0n) is 17.4. The van der Waals surface area contributed by atoms with Crippen LogP contribution in [0.1, 0.15) is 22.4 Å². The molecule has 4 rings (SSSR count). The summed E-state index contributed by atoms with van der Waals surface area (Å²) in [5.74, 6) is -0.704. The Morgan fingerprint density at radius 2 is 1.38 bits per heavy atom. The maximum absolute atomic E-state index is 11.8. The van der Waals surface area contributed by atoms with Gasteiger partial charge in [0.05, 0.1) is 0 Å². The molecule has 3 aromatic carbocycles. The summed E-state index contributed by atoms with van der Waals surface area (Å²) in [6, 6.07) is 30.6. The molecule has 7 heteroatoms. The number of nitrogens with zero attached hydrogens (tertiary/aromatic N) is 2. The first-order valence-corrected chi connectivity index (χ1v) is 10.8. The van der Waals surface area contributed by atoms with Crippen molar-refractivity contribution >= 4 is 28.1 Å². The van der Waals surface area contributed by atoms with Gasteiger partial charge < -0.3 is 15.9 Å². The van der Waals surface area contributed by atoms with Gasteiger partial charge in [-0.25, -0.2) is 4.98 Å². The second-order valence-corrected chi connectivity index (χ2v) is 7.86. The molecule has 0 saturated carbocycles. The van der Waals surface area contributed by atoms with E-state index in [1.807, 2.05) is 54.6 Å². The molecular weight excluding hydrogens is 420 g/mol. The third-order valence-corrected chi connectivity index (χ3v) is 5.84. The van der Waals surface area contributed by atoms with Crippen LogP contribution >= 0.6 is 11.3 Å². The molecule has 3 N–H and O–H groups in total. The Labute approximate surface area is 190 Å². The summed E-state index contributed by atoms with van der Waals surface area (Å²) in [4.78, 5) is 21.2. The lowest BCUT2D eigenvalue weighted by molar-refractivity contribution is -0.112. The Kier molecular flexibility index (Phi) is 6.28. The van der Waals surface area contributed by atoms with E-state index in [2.05, 4.69) is 51.9 Å². The number of primary amides is 1. The van der Waals surface area contributed by atoms with Gasteiger partial charge in [-0.2, -0.15) is 0 Å². The first-order valence-electron chi connectivity index (χ1n) is 9.96. The Morgan fingerprint density at radius 1 is 0.906 bits per heavy atom.